The summed E-state index contributed by atoms with van der Waals surface area (Å²) in [5.74, 6) is -0.507. The van der Waals surface area contributed by atoms with Crippen molar-refractivity contribution in [2.75, 3.05) is 19.0 Å². The number of para-hydroxylation sites is 1. The van der Waals surface area contributed by atoms with Crippen molar-refractivity contribution in [2.45, 2.75) is 6.42 Å². The van der Waals surface area contributed by atoms with Crippen molar-refractivity contribution in [3.8, 4) is 11.8 Å². The second kappa shape index (κ2) is 6.50. The molecule has 106 valence electrons. The summed E-state index contributed by atoms with van der Waals surface area (Å²) < 4.78 is 23.2. The van der Waals surface area contributed by atoms with Crippen LogP contribution in [0.15, 0.2) is 24.3 Å². The van der Waals surface area contributed by atoms with Gasteiger partial charge in [-0.05, 0) is 12.1 Å². The number of benzene rings is 1. The standard InChI is InChI=1S/C12H13FN4O3/c1-19-12-15-11(16-17-12)14-10(18)6-7-20-9-5-3-2-4-8(9)13/h2-5H,6-7H2,1H3,(H2,14,15,16,17,18). The van der Waals surface area contributed by atoms with E-state index in [-0.39, 0.29) is 36.6 Å². The molecule has 0 saturated carbocycles. The van der Waals surface area contributed by atoms with Crippen molar-refractivity contribution in [3.63, 3.8) is 0 Å². The maximum absolute atomic E-state index is 13.2. The van der Waals surface area contributed by atoms with Crippen molar-refractivity contribution < 1.29 is 18.7 Å². The molecule has 0 atom stereocenters. The number of nitrogens with one attached hydrogen (secondary N) is 2. The molecule has 0 unspecified atom stereocenters. The Labute approximate surface area is 114 Å². The van der Waals surface area contributed by atoms with Crippen LogP contribution in [0.5, 0.6) is 11.8 Å². The third kappa shape index (κ3) is 3.67. The van der Waals surface area contributed by atoms with Crippen molar-refractivity contribution in [1.29, 1.82) is 0 Å². The maximum Gasteiger partial charge on any atom is 0.336 e. The number of H-pyrrole nitrogens is 1. The first-order valence-corrected chi connectivity index (χ1v) is 5.82. The van der Waals surface area contributed by atoms with Gasteiger partial charge in [0.15, 0.2) is 11.6 Å². The lowest BCUT2D eigenvalue weighted by Gasteiger charge is -2.06. The van der Waals surface area contributed by atoms with E-state index in [2.05, 4.69) is 20.5 Å². The molecule has 0 aliphatic carbocycles. The topological polar surface area (TPSA) is 89.1 Å². The lowest BCUT2D eigenvalue weighted by Crippen LogP contribution is -2.16. The smallest absolute Gasteiger partial charge is 0.336 e. The molecular formula is C12H13FN4O3. The van der Waals surface area contributed by atoms with Crippen LogP contribution in [-0.4, -0.2) is 34.8 Å². The minimum atomic E-state index is -0.465. The zero-order valence-corrected chi connectivity index (χ0v) is 10.7. The lowest BCUT2D eigenvalue weighted by atomic mass is 10.3. The van der Waals surface area contributed by atoms with Gasteiger partial charge in [-0.25, -0.2) is 9.49 Å². The Kier molecular flexibility index (Phi) is 4.48. The summed E-state index contributed by atoms with van der Waals surface area (Å²) in [6.07, 6.45) is 0.0529. The highest BCUT2D eigenvalue weighted by molar-refractivity contribution is 5.88. The summed E-state index contributed by atoms with van der Waals surface area (Å²) in [5, 5.41) is 8.63. The predicted molar refractivity (Wildman–Crippen MR) is 68.1 cm³/mol. The van der Waals surface area contributed by atoms with E-state index in [1.165, 1.54) is 19.2 Å². The summed E-state index contributed by atoms with van der Waals surface area (Å²) in [6.45, 7) is 0.0536. The molecule has 2 aromatic rings. The fourth-order valence-corrected chi connectivity index (χ4v) is 1.40. The fraction of sp³-hybridized carbons (Fsp3) is 0.250. The van der Waals surface area contributed by atoms with Crippen LogP contribution in [0.2, 0.25) is 0 Å². The van der Waals surface area contributed by atoms with Gasteiger partial charge in [-0.3, -0.25) is 10.1 Å². The first kappa shape index (κ1) is 13.8. The molecule has 1 aromatic carbocycles. The molecule has 2 rings (SSSR count). The average molecular weight is 280 g/mol. The molecule has 0 aliphatic rings. The number of carbonyl (C=O) groups excluding carboxylic acids is 1. The van der Waals surface area contributed by atoms with E-state index in [0.29, 0.717) is 0 Å². The zero-order valence-electron chi connectivity index (χ0n) is 10.7. The molecule has 0 bridgehead atoms. The Morgan fingerprint density at radius 2 is 2.25 bits per heavy atom. The van der Waals surface area contributed by atoms with E-state index < -0.39 is 5.82 Å². The molecule has 8 heteroatoms. The van der Waals surface area contributed by atoms with Gasteiger partial charge in [-0.15, -0.1) is 5.10 Å². The summed E-state index contributed by atoms with van der Waals surface area (Å²) in [4.78, 5) is 15.4. The van der Waals surface area contributed by atoms with Crippen molar-refractivity contribution >= 4 is 11.9 Å². The molecule has 1 amide bonds. The molecule has 0 radical (unpaired) electrons. The van der Waals surface area contributed by atoms with Gasteiger partial charge in [0.05, 0.1) is 20.1 Å². The SMILES string of the molecule is COc1n[nH]c(NC(=O)CCOc2ccccc2F)n1. The van der Waals surface area contributed by atoms with Crippen LogP contribution in [0.4, 0.5) is 10.3 Å². The number of rotatable bonds is 6. The van der Waals surface area contributed by atoms with Crippen LogP contribution in [0, 0.1) is 5.82 Å². The van der Waals surface area contributed by atoms with Crippen LogP contribution in [-0.2, 0) is 4.79 Å². The lowest BCUT2D eigenvalue weighted by molar-refractivity contribution is -0.116. The van der Waals surface area contributed by atoms with Gasteiger partial charge in [0, 0.05) is 0 Å². The highest BCUT2D eigenvalue weighted by atomic mass is 19.1. The molecule has 1 heterocycles. The third-order valence-corrected chi connectivity index (χ3v) is 2.33. The third-order valence-electron chi connectivity index (χ3n) is 2.33. The van der Waals surface area contributed by atoms with Gasteiger partial charge in [-0.1, -0.05) is 12.1 Å². The Hall–Kier alpha value is -2.64. The molecule has 1 aromatic heterocycles. The van der Waals surface area contributed by atoms with Crippen LogP contribution < -0.4 is 14.8 Å². The number of halogens is 1. The molecule has 0 saturated heterocycles. The Balaban J connectivity index is 1.77. The summed E-state index contributed by atoms with van der Waals surface area (Å²) in [5.41, 5.74) is 0. The number of anilines is 1. The minimum absolute atomic E-state index is 0.0529. The number of ether oxygens (including phenoxy) is 2. The van der Waals surface area contributed by atoms with Gasteiger partial charge in [-0.2, -0.15) is 4.98 Å². The van der Waals surface area contributed by atoms with E-state index in [4.69, 9.17) is 9.47 Å². The van der Waals surface area contributed by atoms with Crippen molar-refractivity contribution in [2.24, 2.45) is 0 Å². The number of hydrogen-bond donors (Lipinski definition) is 2. The van der Waals surface area contributed by atoms with Gasteiger partial charge in [0.2, 0.25) is 11.9 Å². The summed E-state index contributed by atoms with van der Waals surface area (Å²) in [7, 11) is 1.41. The van der Waals surface area contributed by atoms with Gasteiger partial charge in [0.25, 0.3) is 0 Å². The molecule has 2 N–H and O–H groups in total. The molecule has 0 fully saturated rings. The van der Waals surface area contributed by atoms with Gasteiger partial charge in [0.1, 0.15) is 0 Å². The maximum atomic E-state index is 13.2. The molecule has 0 spiro atoms. The second-order valence-corrected chi connectivity index (χ2v) is 3.75. The Morgan fingerprint density at radius 3 is 2.95 bits per heavy atom. The van der Waals surface area contributed by atoms with Gasteiger partial charge < -0.3 is 9.47 Å². The molecular weight excluding hydrogens is 267 g/mol. The number of nitrogens with zero attached hydrogens (tertiary/aromatic N) is 2. The number of hydrogen-bond acceptors (Lipinski definition) is 5. The van der Waals surface area contributed by atoms with E-state index in [0.717, 1.165) is 0 Å². The normalized spacial score (nSPS) is 10.1. The van der Waals surface area contributed by atoms with Crippen LogP contribution >= 0.6 is 0 Å². The highest BCUT2D eigenvalue weighted by Crippen LogP contribution is 2.15. The van der Waals surface area contributed by atoms with E-state index in [1.54, 1.807) is 12.1 Å². The number of aromatic amines is 1. The molecule has 7 nitrogen and oxygen atoms in total. The number of aromatic nitrogens is 3. The van der Waals surface area contributed by atoms with E-state index in [1.807, 2.05) is 0 Å². The Morgan fingerprint density at radius 1 is 1.45 bits per heavy atom. The average Bonchev–Trinajstić information content (AvgIpc) is 2.88. The number of amides is 1. The second-order valence-electron chi connectivity index (χ2n) is 3.75. The first-order valence-electron chi connectivity index (χ1n) is 5.82. The zero-order chi connectivity index (χ0) is 14.4. The van der Waals surface area contributed by atoms with Crippen molar-refractivity contribution in [3.05, 3.63) is 30.1 Å². The van der Waals surface area contributed by atoms with Crippen LogP contribution in [0.3, 0.4) is 0 Å². The number of carbonyl (C=O) groups is 1. The van der Waals surface area contributed by atoms with E-state index >= 15 is 0 Å². The monoisotopic (exact) mass is 280 g/mol. The fourth-order valence-electron chi connectivity index (χ4n) is 1.40. The predicted octanol–water partition coefficient (Wildman–Crippen LogP) is 1.36. The first-order chi connectivity index (χ1) is 9.69. The quantitative estimate of drug-likeness (QED) is 0.834. The van der Waals surface area contributed by atoms with Gasteiger partial charge >= 0.3 is 6.01 Å². The Bertz CT molecular complexity index is 588. The summed E-state index contributed by atoms with van der Waals surface area (Å²) >= 11 is 0. The van der Waals surface area contributed by atoms with Crippen molar-refractivity contribution in [1.82, 2.24) is 15.2 Å². The highest BCUT2D eigenvalue weighted by Gasteiger charge is 2.08. The largest absolute Gasteiger partial charge is 0.490 e. The van der Waals surface area contributed by atoms with Crippen LogP contribution in [0.25, 0.3) is 0 Å². The minimum Gasteiger partial charge on any atom is -0.490 e. The van der Waals surface area contributed by atoms with E-state index in [9.17, 15) is 9.18 Å². The molecule has 20 heavy (non-hydrogen) atoms. The summed E-state index contributed by atoms with van der Waals surface area (Å²) in [6, 6.07) is 6.12. The molecule has 0 aliphatic heterocycles. The number of methoxy groups -OCH3 is 1. The van der Waals surface area contributed by atoms with Crippen LogP contribution in [0.1, 0.15) is 6.42 Å².